The highest BCUT2D eigenvalue weighted by atomic mass is 32.2. The molecule has 2 heterocycles. The van der Waals surface area contributed by atoms with Crippen LogP contribution in [0.2, 0.25) is 0 Å². The second-order valence-corrected chi connectivity index (χ2v) is 6.62. The first-order chi connectivity index (χ1) is 7.87. The molecule has 1 aliphatic rings. The molecule has 2 rings (SSSR count). The van der Waals surface area contributed by atoms with Crippen molar-refractivity contribution in [2.45, 2.75) is 19.4 Å². The fourth-order valence-corrected chi connectivity index (χ4v) is 3.80. The van der Waals surface area contributed by atoms with E-state index in [0.29, 0.717) is 12.2 Å². The van der Waals surface area contributed by atoms with Crippen molar-refractivity contribution in [3.05, 3.63) is 11.8 Å². The average Bonchev–Trinajstić information content (AvgIpc) is 2.56. The van der Waals surface area contributed by atoms with E-state index >= 15 is 0 Å². The quantitative estimate of drug-likeness (QED) is 0.800. The summed E-state index contributed by atoms with van der Waals surface area (Å²) in [4.78, 5) is 9.99. The molecule has 0 saturated carbocycles. The van der Waals surface area contributed by atoms with E-state index in [1.165, 1.54) is 0 Å². The van der Waals surface area contributed by atoms with E-state index in [4.69, 9.17) is 5.73 Å². The number of aryl methyl sites for hydroxylation is 1. The molecule has 1 atom stereocenters. The Morgan fingerprint density at radius 3 is 2.71 bits per heavy atom. The number of anilines is 2. The summed E-state index contributed by atoms with van der Waals surface area (Å²) in [6.07, 6.45) is 0.641. The van der Waals surface area contributed by atoms with Gasteiger partial charge in [-0.1, -0.05) is 0 Å². The molecule has 0 aromatic carbocycles. The third-order valence-electron chi connectivity index (χ3n) is 2.98. The van der Waals surface area contributed by atoms with E-state index in [1.807, 2.05) is 18.9 Å². The molecule has 0 bridgehead atoms. The molecular weight excluding hydrogens is 240 g/mol. The molecule has 1 aromatic heterocycles. The van der Waals surface area contributed by atoms with Gasteiger partial charge < -0.3 is 10.6 Å². The minimum absolute atomic E-state index is 0.0197. The first-order valence-electron chi connectivity index (χ1n) is 5.42. The van der Waals surface area contributed by atoms with Gasteiger partial charge in [0.2, 0.25) is 5.95 Å². The van der Waals surface area contributed by atoms with Gasteiger partial charge in [-0.05, 0) is 13.3 Å². The van der Waals surface area contributed by atoms with Crippen molar-refractivity contribution in [3.8, 4) is 0 Å². The molecule has 1 fully saturated rings. The van der Waals surface area contributed by atoms with Crippen LogP contribution in [0.1, 0.15) is 12.1 Å². The summed E-state index contributed by atoms with van der Waals surface area (Å²) >= 11 is 0. The van der Waals surface area contributed by atoms with E-state index in [-0.39, 0.29) is 23.5 Å². The van der Waals surface area contributed by atoms with Crippen molar-refractivity contribution < 1.29 is 8.42 Å². The van der Waals surface area contributed by atoms with Crippen LogP contribution in [-0.2, 0) is 9.84 Å². The molecule has 0 aliphatic carbocycles. The molecule has 1 aromatic rings. The van der Waals surface area contributed by atoms with E-state index < -0.39 is 9.84 Å². The summed E-state index contributed by atoms with van der Waals surface area (Å²) in [5.41, 5.74) is 6.36. The van der Waals surface area contributed by atoms with Crippen LogP contribution < -0.4 is 10.6 Å². The van der Waals surface area contributed by atoms with Crippen LogP contribution in [-0.4, -0.2) is 43.0 Å². The smallest absolute Gasteiger partial charge is 0.222 e. The summed E-state index contributed by atoms with van der Waals surface area (Å²) in [5, 5.41) is 0. The van der Waals surface area contributed by atoms with Gasteiger partial charge in [0.05, 0.1) is 11.5 Å². The second-order valence-electron chi connectivity index (χ2n) is 4.39. The van der Waals surface area contributed by atoms with Gasteiger partial charge in [0.25, 0.3) is 0 Å². The van der Waals surface area contributed by atoms with Gasteiger partial charge in [0.1, 0.15) is 5.82 Å². The van der Waals surface area contributed by atoms with E-state index in [0.717, 1.165) is 5.69 Å². The lowest BCUT2D eigenvalue weighted by Crippen LogP contribution is -2.33. The minimum atomic E-state index is -2.89. The number of sulfone groups is 1. The minimum Gasteiger partial charge on any atom is -0.368 e. The molecule has 1 saturated heterocycles. The van der Waals surface area contributed by atoms with Crippen LogP contribution in [0.3, 0.4) is 0 Å². The van der Waals surface area contributed by atoms with Crippen LogP contribution in [0, 0.1) is 6.92 Å². The first-order valence-corrected chi connectivity index (χ1v) is 7.24. The molecule has 6 nitrogen and oxygen atoms in total. The zero-order valence-electron chi connectivity index (χ0n) is 9.92. The summed E-state index contributed by atoms with van der Waals surface area (Å²) in [6, 6.07) is 1.79. The van der Waals surface area contributed by atoms with E-state index in [2.05, 4.69) is 9.97 Å². The van der Waals surface area contributed by atoms with Gasteiger partial charge in [-0.3, -0.25) is 0 Å². The predicted octanol–water partition coefficient (Wildman–Crippen LogP) is -0.00948. The number of nitrogen functional groups attached to an aromatic ring is 1. The summed E-state index contributed by atoms with van der Waals surface area (Å²) in [6.45, 7) is 1.83. The maximum absolute atomic E-state index is 11.4. The number of aromatic nitrogens is 2. The zero-order chi connectivity index (χ0) is 12.6. The largest absolute Gasteiger partial charge is 0.368 e. The SMILES string of the molecule is Cc1cc(N(C)C2CCS(=O)(=O)C2)nc(N)n1. The summed E-state index contributed by atoms with van der Waals surface area (Å²) in [5.74, 6) is 1.33. The van der Waals surface area contributed by atoms with Gasteiger partial charge in [-0.15, -0.1) is 0 Å². The van der Waals surface area contributed by atoms with Gasteiger partial charge in [0, 0.05) is 24.8 Å². The van der Waals surface area contributed by atoms with Crippen molar-refractivity contribution >= 4 is 21.6 Å². The monoisotopic (exact) mass is 256 g/mol. The number of hydrogen-bond acceptors (Lipinski definition) is 6. The molecule has 94 valence electrons. The average molecular weight is 256 g/mol. The lowest BCUT2D eigenvalue weighted by atomic mass is 10.2. The van der Waals surface area contributed by atoms with Crippen molar-refractivity contribution in [1.29, 1.82) is 0 Å². The molecule has 1 aliphatic heterocycles. The van der Waals surface area contributed by atoms with Gasteiger partial charge in [-0.25, -0.2) is 13.4 Å². The second kappa shape index (κ2) is 4.14. The molecule has 0 amide bonds. The molecule has 0 radical (unpaired) electrons. The molecule has 1 unspecified atom stereocenters. The zero-order valence-corrected chi connectivity index (χ0v) is 10.7. The van der Waals surface area contributed by atoms with Crippen LogP contribution in [0.25, 0.3) is 0 Å². The Balaban J connectivity index is 2.23. The topological polar surface area (TPSA) is 89.2 Å². The Morgan fingerprint density at radius 2 is 2.18 bits per heavy atom. The maximum Gasteiger partial charge on any atom is 0.222 e. The Labute approximate surface area is 101 Å². The van der Waals surface area contributed by atoms with Crippen LogP contribution in [0.5, 0.6) is 0 Å². The van der Waals surface area contributed by atoms with Gasteiger partial charge in [0.15, 0.2) is 9.84 Å². The van der Waals surface area contributed by atoms with Crippen molar-refractivity contribution in [1.82, 2.24) is 9.97 Å². The highest BCUT2D eigenvalue weighted by Crippen LogP contribution is 2.22. The van der Waals surface area contributed by atoms with Gasteiger partial charge >= 0.3 is 0 Å². The van der Waals surface area contributed by atoms with E-state index in [1.54, 1.807) is 6.07 Å². The number of nitrogens with zero attached hydrogens (tertiary/aromatic N) is 3. The molecule has 0 spiro atoms. The summed E-state index contributed by atoms with van der Waals surface area (Å²) < 4.78 is 22.9. The van der Waals surface area contributed by atoms with Crippen LogP contribution in [0.4, 0.5) is 11.8 Å². The van der Waals surface area contributed by atoms with Crippen molar-refractivity contribution in [3.63, 3.8) is 0 Å². The first kappa shape index (κ1) is 12.1. The Kier molecular flexibility index (Phi) is 2.94. The fourth-order valence-electron chi connectivity index (χ4n) is 2.02. The van der Waals surface area contributed by atoms with Crippen molar-refractivity contribution in [2.75, 3.05) is 29.2 Å². The lowest BCUT2D eigenvalue weighted by molar-refractivity contribution is 0.600. The maximum atomic E-state index is 11.4. The van der Waals surface area contributed by atoms with Crippen molar-refractivity contribution in [2.24, 2.45) is 0 Å². The molecular formula is C10H16N4O2S. The predicted molar refractivity (Wildman–Crippen MR) is 66.6 cm³/mol. The van der Waals surface area contributed by atoms with Crippen LogP contribution >= 0.6 is 0 Å². The Hall–Kier alpha value is -1.37. The van der Waals surface area contributed by atoms with Crippen LogP contribution in [0.15, 0.2) is 6.07 Å². The van der Waals surface area contributed by atoms with E-state index in [9.17, 15) is 8.42 Å². The Morgan fingerprint density at radius 1 is 1.47 bits per heavy atom. The molecule has 2 N–H and O–H groups in total. The third-order valence-corrected chi connectivity index (χ3v) is 4.73. The molecule has 7 heteroatoms. The third kappa shape index (κ3) is 2.66. The highest BCUT2D eigenvalue weighted by molar-refractivity contribution is 7.91. The molecule has 17 heavy (non-hydrogen) atoms. The normalized spacial score (nSPS) is 22.6. The summed E-state index contributed by atoms with van der Waals surface area (Å²) in [7, 11) is -1.05. The number of rotatable bonds is 2. The number of nitrogens with two attached hydrogens (primary N) is 1. The fraction of sp³-hybridized carbons (Fsp3) is 0.600. The highest BCUT2D eigenvalue weighted by Gasteiger charge is 2.31. The number of hydrogen-bond donors (Lipinski definition) is 1. The van der Waals surface area contributed by atoms with Gasteiger partial charge in [-0.2, -0.15) is 4.98 Å². The Bertz CT molecular complexity index is 509. The lowest BCUT2D eigenvalue weighted by Gasteiger charge is -2.24. The standard InChI is InChI=1S/C10H16N4O2S/c1-7-5-9(13-10(11)12-7)14(2)8-3-4-17(15,16)6-8/h5,8H,3-4,6H2,1-2H3,(H2,11,12,13).